The molecule has 0 aliphatic carbocycles. The number of aryl methyl sites for hydroxylation is 1. The summed E-state index contributed by atoms with van der Waals surface area (Å²) in [5.74, 6) is 0.622. The third kappa shape index (κ3) is 2.85. The lowest BCUT2D eigenvalue weighted by molar-refractivity contribution is 0.785. The van der Waals surface area contributed by atoms with Gasteiger partial charge in [-0.1, -0.05) is 34.5 Å². The van der Waals surface area contributed by atoms with Crippen molar-refractivity contribution in [3.8, 4) is 22.9 Å². The minimum atomic E-state index is 0.504. The third-order valence-electron chi connectivity index (χ3n) is 4.14. The van der Waals surface area contributed by atoms with E-state index in [0.717, 1.165) is 17.1 Å². The van der Waals surface area contributed by atoms with E-state index in [0.29, 0.717) is 21.3 Å². The minimum Gasteiger partial charge on any atom is -0.267 e. The largest absolute Gasteiger partial charge is 0.267 e. The van der Waals surface area contributed by atoms with Crippen LogP contribution in [0.2, 0.25) is 5.02 Å². The maximum absolute atomic E-state index is 5.97. The molecule has 130 valence electrons. The molecule has 0 saturated heterocycles. The van der Waals surface area contributed by atoms with Crippen molar-refractivity contribution < 1.29 is 0 Å². The van der Waals surface area contributed by atoms with E-state index in [-0.39, 0.29) is 0 Å². The molecule has 0 spiro atoms. The highest BCUT2D eigenvalue weighted by molar-refractivity contribution is 7.71. The van der Waals surface area contributed by atoms with Gasteiger partial charge in [0, 0.05) is 5.02 Å². The molecule has 0 aliphatic heterocycles. The predicted octanol–water partition coefficient (Wildman–Crippen LogP) is 4.45. The zero-order valence-electron chi connectivity index (χ0n) is 14.1. The number of aromatic nitrogens is 6. The lowest BCUT2D eigenvalue weighted by Gasteiger charge is -2.07. The number of nitrogens with zero attached hydrogens (tertiary/aromatic N) is 5. The molecule has 6 nitrogen and oxygen atoms in total. The van der Waals surface area contributed by atoms with Crippen molar-refractivity contribution in [1.82, 2.24) is 29.8 Å². The first-order chi connectivity index (χ1) is 12.5. The SMILES string of the molecule is Cc1ccc(-n2c(-c3nnn(-c4ccc(Cl)cc4)c3C)n[nH]c2=S)cc1. The van der Waals surface area contributed by atoms with Crippen molar-refractivity contribution >= 4 is 23.8 Å². The van der Waals surface area contributed by atoms with Gasteiger partial charge in [0.15, 0.2) is 16.3 Å². The molecule has 2 aromatic heterocycles. The number of hydrogen-bond donors (Lipinski definition) is 1. The summed E-state index contributed by atoms with van der Waals surface area (Å²) in [6, 6.07) is 15.5. The standard InChI is InChI=1S/C18H15ClN6S/c1-11-3-7-14(8-4-11)24-17(21-22-18(24)26)16-12(2)25(23-20-16)15-9-5-13(19)6-10-15/h3-10H,1-2H3,(H,22,26). The van der Waals surface area contributed by atoms with Gasteiger partial charge in [-0.2, -0.15) is 5.10 Å². The second-order valence-electron chi connectivity index (χ2n) is 5.94. The van der Waals surface area contributed by atoms with Gasteiger partial charge < -0.3 is 0 Å². The van der Waals surface area contributed by atoms with Gasteiger partial charge in [0.05, 0.1) is 17.1 Å². The zero-order chi connectivity index (χ0) is 18.3. The van der Waals surface area contributed by atoms with E-state index in [4.69, 9.17) is 23.8 Å². The normalized spacial score (nSPS) is 11.0. The number of benzene rings is 2. The quantitative estimate of drug-likeness (QED) is 0.532. The Morgan fingerprint density at radius 1 is 0.962 bits per heavy atom. The molecule has 2 aromatic carbocycles. The number of aromatic amines is 1. The average molecular weight is 383 g/mol. The van der Waals surface area contributed by atoms with E-state index in [9.17, 15) is 0 Å². The summed E-state index contributed by atoms with van der Waals surface area (Å²) >= 11 is 11.4. The molecule has 0 radical (unpaired) electrons. The summed E-state index contributed by atoms with van der Waals surface area (Å²) in [5.41, 5.74) is 4.49. The Morgan fingerprint density at radius 3 is 2.31 bits per heavy atom. The summed E-state index contributed by atoms with van der Waals surface area (Å²) in [6.45, 7) is 3.99. The Morgan fingerprint density at radius 2 is 1.62 bits per heavy atom. The van der Waals surface area contributed by atoms with Gasteiger partial charge in [0.25, 0.3) is 0 Å². The topological polar surface area (TPSA) is 64.3 Å². The van der Waals surface area contributed by atoms with Gasteiger partial charge in [0.1, 0.15) is 0 Å². The molecule has 2 heterocycles. The summed E-state index contributed by atoms with van der Waals surface area (Å²) in [4.78, 5) is 0. The van der Waals surface area contributed by atoms with Crippen LogP contribution in [-0.2, 0) is 0 Å². The van der Waals surface area contributed by atoms with Gasteiger partial charge in [-0.25, -0.2) is 4.68 Å². The van der Waals surface area contributed by atoms with Gasteiger partial charge in [-0.05, 0) is 62.5 Å². The van der Waals surface area contributed by atoms with Gasteiger partial charge in [-0.15, -0.1) is 5.10 Å². The Balaban J connectivity index is 1.84. The Bertz CT molecular complexity index is 1120. The number of rotatable bonds is 3. The summed E-state index contributed by atoms with van der Waals surface area (Å²) in [7, 11) is 0. The van der Waals surface area contributed by atoms with E-state index < -0.39 is 0 Å². The number of H-pyrrole nitrogens is 1. The molecule has 4 rings (SSSR count). The molecule has 0 saturated carbocycles. The van der Waals surface area contributed by atoms with Crippen molar-refractivity contribution in [2.45, 2.75) is 13.8 Å². The average Bonchev–Trinajstić information content (AvgIpc) is 3.19. The molecular formula is C18H15ClN6S. The first kappa shape index (κ1) is 16.7. The maximum atomic E-state index is 5.97. The van der Waals surface area contributed by atoms with Crippen molar-refractivity contribution in [3.63, 3.8) is 0 Å². The molecule has 0 unspecified atom stereocenters. The van der Waals surface area contributed by atoms with Crippen LogP contribution in [-0.4, -0.2) is 29.8 Å². The summed E-state index contributed by atoms with van der Waals surface area (Å²) in [5, 5.41) is 16.5. The van der Waals surface area contributed by atoms with Crippen LogP contribution < -0.4 is 0 Å². The molecule has 0 amide bonds. The van der Waals surface area contributed by atoms with Crippen LogP contribution in [0.4, 0.5) is 0 Å². The van der Waals surface area contributed by atoms with E-state index >= 15 is 0 Å². The number of nitrogens with one attached hydrogen (secondary N) is 1. The van der Waals surface area contributed by atoms with Crippen LogP contribution in [0.3, 0.4) is 0 Å². The molecule has 4 aromatic rings. The second kappa shape index (κ2) is 6.51. The van der Waals surface area contributed by atoms with Crippen LogP contribution in [0, 0.1) is 18.6 Å². The lowest BCUT2D eigenvalue weighted by atomic mass is 10.2. The number of hydrogen-bond acceptors (Lipinski definition) is 4. The first-order valence-corrected chi connectivity index (χ1v) is 8.76. The van der Waals surface area contributed by atoms with Crippen LogP contribution >= 0.6 is 23.8 Å². The van der Waals surface area contributed by atoms with E-state index in [1.807, 2.05) is 66.9 Å². The summed E-state index contributed by atoms with van der Waals surface area (Å²) < 4.78 is 4.12. The van der Waals surface area contributed by atoms with Gasteiger partial charge in [0.2, 0.25) is 0 Å². The highest BCUT2D eigenvalue weighted by atomic mass is 35.5. The third-order valence-corrected chi connectivity index (χ3v) is 4.67. The lowest BCUT2D eigenvalue weighted by Crippen LogP contribution is -2.01. The Hall–Kier alpha value is -2.77. The molecule has 8 heteroatoms. The Kier molecular flexibility index (Phi) is 4.18. The maximum Gasteiger partial charge on any atom is 0.200 e. The molecule has 26 heavy (non-hydrogen) atoms. The van der Waals surface area contributed by atoms with Crippen LogP contribution in [0.1, 0.15) is 11.3 Å². The van der Waals surface area contributed by atoms with E-state index in [1.54, 1.807) is 4.68 Å². The van der Waals surface area contributed by atoms with Crippen LogP contribution in [0.25, 0.3) is 22.9 Å². The zero-order valence-corrected chi connectivity index (χ0v) is 15.7. The van der Waals surface area contributed by atoms with Crippen molar-refractivity contribution in [2.75, 3.05) is 0 Å². The highest BCUT2D eigenvalue weighted by Gasteiger charge is 2.19. The first-order valence-electron chi connectivity index (χ1n) is 7.97. The predicted molar refractivity (Wildman–Crippen MR) is 104 cm³/mol. The van der Waals surface area contributed by atoms with Gasteiger partial charge in [-0.3, -0.25) is 9.67 Å². The van der Waals surface area contributed by atoms with E-state index in [1.165, 1.54) is 5.56 Å². The number of halogens is 1. The van der Waals surface area contributed by atoms with Crippen molar-refractivity contribution in [3.05, 3.63) is 69.6 Å². The van der Waals surface area contributed by atoms with Crippen molar-refractivity contribution in [1.29, 1.82) is 0 Å². The molecule has 0 fully saturated rings. The molecule has 0 atom stereocenters. The molecule has 0 aliphatic rings. The molecular weight excluding hydrogens is 368 g/mol. The smallest absolute Gasteiger partial charge is 0.200 e. The molecule has 0 bridgehead atoms. The fraction of sp³-hybridized carbons (Fsp3) is 0.111. The fourth-order valence-electron chi connectivity index (χ4n) is 2.75. The Labute approximate surface area is 160 Å². The highest BCUT2D eigenvalue weighted by Crippen LogP contribution is 2.24. The molecule has 1 N–H and O–H groups in total. The minimum absolute atomic E-state index is 0.504. The second-order valence-corrected chi connectivity index (χ2v) is 6.76. The van der Waals surface area contributed by atoms with Crippen molar-refractivity contribution in [2.24, 2.45) is 0 Å². The van der Waals surface area contributed by atoms with Crippen LogP contribution in [0.15, 0.2) is 48.5 Å². The fourth-order valence-corrected chi connectivity index (χ4v) is 3.12. The summed E-state index contributed by atoms with van der Waals surface area (Å²) in [6.07, 6.45) is 0. The monoisotopic (exact) mass is 382 g/mol. The van der Waals surface area contributed by atoms with Gasteiger partial charge >= 0.3 is 0 Å². The van der Waals surface area contributed by atoms with E-state index in [2.05, 4.69) is 20.5 Å². The van der Waals surface area contributed by atoms with Crippen LogP contribution in [0.5, 0.6) is 0 Å².